The molecule has 0 heterocycles. The first-order valence-corrected chi connectivity index (χ1v) is 10.2. The van der Waals surface area contributed by atoms with E-state index in [1.165, 1.54) is 12.8 Å². The summed E-state index contributed by atoms with van der Waals surface area (Å²) in [4.78, 5) is 14.5. The average Bonchev–Trinajstić information content (AvgIpc) is 3.49. The lowest BCUT2D eigenvalue weighted by Crippen LogP contribution is -2.37. The predicted molar refractivity (Wildman–Crippen MR) is 117 cm³/mol. The van der Waals surface area contributed by atoms with Gasteiger partial charge in [0.05, 0.1) is 0 Å². The quantitative estimate of drug-likeness (QED) is 0.547. The Kier molecular flexibility index (Phi) is 6.63. The molecule has 154 valence electrons. The molecule has 0 spiro atoms. The minimum atomic E-state index is -0.508. The van der Waals surface area contributed by atoms with Crippen molar-refractivity contribution in [2.75, 3.05) is 6.54 Å². The zero-order valence-corrected chi connectivity index (χ0v) is 17.7. The van der Waals surface area contributed by atoms with Crippen LogP contribution < -0.4 is 4.74 Å². The molecule has 0 saturated heterocycles. The molecule has 0 atom stereocenters. The van der Waals surface area contributed by atoms with Gasteiger partial charge >= 0.3 is 6.09 Å². The summed E-state index contributed by atoms with van der Waals surface area (Å²) in [6.45, 7) is 11.3. The molecule has 1 saturated carbocycles. The van der Waals surface area contributed by atoms with Crippen molar-refractivity contribution in [3.63, 3.8) is 0 Å². The first-order valence-electron chi connectivity index (χ1n) is 10.2. The molecular weight excluding hydrogens is 362 g/mol. The second-order valence-corrected chi connectivity index (χ2v) is 8.69. The standard InChI is InChI=1S/C25H31NO3/c1-5-19-13-22(15-23(14-19)28-18-21-9-7-6-8-10-21)17-26(16-20-11-12-20)24(27)29-25(2,3)4/h5-10,13-15,20H,1,11-12,16-18H2,2-4H3. The van der Waals surface area contributed by atoms with E-state index in [2.05, 4.69) is 6.58 Å². The molecule has 0 aromatic heterocycles. The van der Waals surface area contributed by atoms with Crippen LogP contribution in [0, 0.1) is 5.92 Å². The highest BCUT2D eigenvalue weighted by Crippen LogP contribution is 2.31. The highest BCUT2D eigenvalue weighted by molar-refractivity contribution is 5.68. The summed E-state index contributed by atoms with van der Waals surface area (Å²) in [7, 11) is 0. The Balaban J connectivity index is 1.74. The molecule has 0 bridgehead atoms. The van der Waals surface area contributed by atoms with E-state index < -0.39 is 5.60 Å². The highest BCUT2D eigenvalue weighted by atomic mass is 16.6. The predicted octanol–water partition coefficient (Wildman–Crippen LogP) is 6.06. The Morgan fingerprint density at radius 2 is 1.86 bits per heavy atom. The SMILES string of the molecule is C=Cc1cc(CN(CC2CC2)C(=O)OC(C)(C)C)cc(OCc2ccccc2)c1. The summed E-state index contributed by atoms with van der Waals surface area (Å²) in [5, 5.41) is 0. The Hall–Kier alpha value is -2.75. The van der Waals surface area contributed by atoms with Crippen molar-refractivity contribution >= 4 is 12.2 Å². The van der Waals surface area contributed by atoms with E-state index in [1.54, 1.807) is 6.08 Å². The van der Waals surface area contributed by atoms with Crippen molar-refractivity contribution in [1.82, 2.24) is 4.90 Å². The smallest absolute Gasteiger partial charge is 0.410 e. The van der Waals surface area contributed by atoms with Crippen molar-refractivity contribution in [2.24, 2.45) is 5.92 Å². The number of rotatable bonds is 8. The van der Waals surface area contributed by atoms with Crippen molar-refractivity contribution in [3.05, 3.63) is 71.8 Å². The molecule has 0 radical (unpaired) electrons. The van der Waals surface area contributed by atoms with Crippen LogP contribution >= 0.6 is 0 Å². The van der Waals surface area contributed by atoms with Gasteiger partial charge in [-0.25, -0.2) is 4.79 Å². The van der Waals surface area contributed by atoms with Crippen LogP contribution in [0.5, 0.6) is 5.75 Å². The van der Waals surface area contributed by atoms with E-state index in [9.17, 15) is 4.79 Å². The lowest BCUT2D eigenvalue weighted by atomic mass is 10.1. The van der Waals surface area contributed by atoms with Crippen LogP contribution in [0.25, 0.3) is 6.08 Å². The minimum absolute atomic E-state index is 0.264. The number of hydrogen-bond acceptors (Lipinski definition) is 3. The summed E-state index contributed by atoms with van der Waals surface area (Å²) < 4.78 is 11.6. The molecule has 0 unspecified atom stereocenters. The maximum Gasteiger partial charge on any atom is 0.410 e. The van der Waals surface area contributed by atoms with Crippen LogP contribution in [-0.2, 0) is 17.9 Å². The van der Waals surface area contributed by atoms with E-state index >= 15 is 0 Å². The molecule has 3 rings (SSSR count). The largest absolute Gasteiger partial charge is 0.489 e. The molecule has 1 fully saturated rings. The zero-order valence-electron chi connectivity index (χ0n) is 17.7. The molecule has 2 aromatic rings. The molecule has 1 aliphatic rings. The van der Waals surface area contributed by atoms with E-state index in [-0.39, 0.29) is 6.09 Å². The molecule has 4 heteroatoms. The molecule has 29 heavy (non-hydrogen) atoms. The van der Waals surface area contributed by atoms with Gasteiger partial charge in [-0.1, -0.05) is 43.0 Å². The number of benzene rings is 2. The number of carbonyl (C=O) groups excluding carboxylic acids is 1. The fourth-order valence-electron chi connectivity index (χ4n) is 3.08. The van der Waals surface area contributed by atoms with Crippen LogP contribution in [0.15, 0.2) is 55.1 Å². The van der Waals surface area contributed by atoms with Crippen molar-refractivity contribution in [2.45, 2.75) is 52.4 Å². The first-order chi connectivity index (χ1) is 13.8. The Labute approximate surface area is 174 Å². The van der Waals surface area contributed by atoms with Crippen LogP contribution in [-0.4, -0.2) is 23.1 Å². The Bertz CT molecular complexity index is 835. The van der Waals surface area contributed by atoms with Crippen molar-refractivity contribution in [1.29, 1.82) is 0 Å². The summed E-state index contributed by atoms with van der Waals surface area (Å²) in [5.74, 6) is 1.36. The van der Waals surface area contributed by atoms with Gasteiger partial charge in [0, 0.05) is 13.1 Å². The third kappa shape index (κ3) is 6.97. The fraction of sp³-hybridized carbons (Fsp3) is 0.400. The van der Waals surface area contributed by atoms with Crippen LogP contribution in [0.3, 0.4) is 0 Å². The van der Waals surface area contributed by atoms with Gasteiger partial charge in [-0.3, -0.25) is 0 Å². The number of hydrogen-bond donors (Lipinski definition) is 0. The van der Waals surface area contributed by atoms with Crippen molar-refractivity contribution in [3.8, 4) is 5.75 Å². The second kappa shape index (κ2) is 9.17. The van der Waals surface area contributed by atoms with Gasteiger partial charge in [-0.15, -0.1) is 0 Å². The summed E-state index contributed by atoms with van der Waals surface area (Å²) in [6, 6.07) is 16.1. The number of nitrogens with zero attached hydrogens (tertiary/aromatic N) is 1. The third-order valence-corrected chi connectivity index (χ3v) is 4.67. The maximum absolute atomic E-state index is 12.7. The molecule has 2 aromatic carbocycles. The van der Waals surface area contributed by atoms with Gasteiger partial charge in [-0.2, -0.15) is 0 Å². The van der Waals surface area contributed by atoms with Gasteiger partial charge in [0.15, 0.2) is 0 Å². The summed E-state index contributed by atoms with van der Waals surface area (Å²) in [5.41, 5.74) is 2.59. The highest BCUT2D eigenvalue weighted by Gasteiger charge is 2.29. The van der Waals surface area contributed by atoms with Crippen LogP contribution in [0.1, 0.15) is 50.3 Å². The third-order valence-electron chi connectivity index (χ3n) is 4.67. The van der Waals surface area contributed by atoms with Crippen molar-refractivity contribution < 1.29 is 14.3 Å². The van der Waals surface area contributed by atoms with Crippen LogP contribution in [0.2, 0.25) is 0 Å². The molecule has 0 N–H and O–H groups in total. The summed E-state index contributed by atoms with van der Waals surface area (Å²) >= 11 is 0. The number of amides is 1. The van der Waals surface area contributed by atoms with E-state index in [1.807, 2.05) is 74.2 Å². The zero-order chi connectivity index (χ0) is 20.9. The molecular formula is C25H31NO3. The average molecular weight is 394 g/mol. The molecule has 1 amide bonds. The first kappa shape index (κ1) is 21.0. The van der Waals surface area contributed by atoms with Gasteiger partial charge in [0.1, 0.15) is 18.0 Å². The molecule has 0 aliphatic heterocycles. The molecule has 4 nitrogen and oxygen atoms in total. The topological polar surface area (TPSA) is 38.8 Å². The lowest BCUT2D eigenvalue weighted by molar-refractivity contribution is 0.0224. The van der Waals surface area contributed by atoms with Gasteiger partial charge in [-0.05, 0) is 74.4 Å². The van der Waals surface area contributed by atoms with Crippen LogP contribution in [0.4, 0.5) is 4.79 Å². The Morgan fingerprint density at radius 1 is 1.14 bits per heavy atom. The maximum atomic E-state index is 12.7. The van der Waals surface area contributed by atoms with Gasteiger partial charge in [0.25, 0.3) is 0 Å². The lowest BCUT2D eigenvalue weighted by Gasteiger charge is -2.27. The minimum Gasteiger partial charge on any atom is -0.489 e. The van der Waals surface area contributed by atoms with Gasteiger partial charge < -0.3 is 14.4 Å². The van der Waals surface area contributed by atoms with E-state index in [4.69, 9.17) is 9.47 Å². The summed E-state index contributed by atoms with van der Waals surface area (Å²) in [6.07, 6.45) is 3.90. The van der Waals surface area contributed by atoms with Gasteiger partial charge in [0.2, 0.25) is 0 Å². The van der Waals surface area contributed by atoms with E-state index in [0.717, 1.165) is 29.0 Å². The second-order valence-electron chi connectivity index (χ2n) is 8.69. The fourth-order valence-corrected chi connectivity index (χ4v) is 3.08. The Morgan fingerprint density at radius 3 is 2.48 bits per heavy atom. The normalized spacial score (nSPS) is 13.6. The molecule has 1 aliphatic carbocycles. The number of ether oxygens (including phenoxy) is 2. The monoisotopic (exact) mass is 393 g/mol. The van der Waals surface area contributed by atoms with E-state index in [0.29, 0.717) is 19.1 Å². The number of carbonyl (C=O) groups is 1.